The SMILES string of the molecule is CC(C)C12CCC(C)(CC1)O2.CC(C)C1C=CC(C)(C)C(C)C1. The van der Waals surface area contributed by atoms with Gasteiger partial charge in [-0.05, 0) is 68.1 Å². The average Bonchev–Trinajstić information content (AvgIpc) is 2.97. The molecule has 1 nitrogen and oxygen atoms in total. The Balaban J connectivity index is 0.000000167. The van der Waals surface area contributed by atoms with Crippen molar-refractivity contribution in [2.75, 3.05) is 0 Å². The van der Waals surface area contributed by atoms with Crippen LogP contribution in [0.1, 0.15) is 87.5 Å². The Bertz CT molecular complexity index is 421. The summed E-state index contributed by atoms with van der Waals surface area (Å²) < 4.78 is 6.11. The quantitative estimate of drug-likeness (QED) is 0.519. The molecule has 2 unspecified atom stereocenters. The maximum atomic E-state index is 6.11. The summed E-state index contributed by atoms with van der Waals surface area (Å²) in [5.74, 6) is 3.15. The predicted molar refractivity (Wildman–Crippen MR) is 101 cm³/mol. The van der Waals surface area contributed by atoms with E-state index in [1.165, 1.54) is 32.1 Å². The van der Waals surface area contributed by atoms with Gasteiger partial charge in [0, 0.05) is 0 Å². The minimum atomic E-state index is 0.254. The van der Waals surface area contributed by atoms with E-state index in [4.69, 9.17) is 4.74 Å². The van der Waals surface area contributed by atoms with Gasteiger partial charge in [-0.3, -0.25) is 0 Å². The molecule has 2 bridgehead atoms. The van der Waals surface area contributed by atoms with E-state index in [1.54, 1.807) is 0 Å². The van der Waals surface area contributed by atoms with Crippen LogP contribution in [0, 0.1) is 29.1 Å². The van der Waals surface area contributed by atoms with Crippen molar-refractivity contribution in [2.45, 2.75) is 98.7 Å². The maximum absolute atomic E-state index is 6.11. The molecule has 23 heavy (non-hydrogen) atoms. The van der Waals surface area contributed by atoms with Crippen LogP contribution in [0.15, 0.2) is 12.2 Å². The highest BCUT2D eigenvalue weighted by Gasteiger charge is 2.54. The number of rotatable bonds is 2. The molecule has 3 rings (SSSR count). The Labute approximate surface area is 145 Å². The highest BCUT2D eigenvalue weighted by atomic mass is 16.5. The van der Waals surface area contributed by atoms with E-state index in [1.807, 2.05) is 0 Å². The van der Waals surface area contributed by atoms with E-state index in [2.05, 4.69) is 67.5 Å². The van der Waals surface area contributed by atoms with Crippen LogP contribution in [0.4, 0.5) is 0 Å². The average molecular weight is 321 g/mol. The summed E-state index contributed by atoms with van der Waals surface area (Å²) in [5, 5.41) is 0. The molecule has 0 N–H and O–H groups in total. The second-order valence-electron chi connectivity index (χ2n) is 10.00. The van der Waals surface area contributed by atoms with Crippen LogP contribution in [0.2, 0.25) is 0 Å². The Kier molecular flexibility index (Phi) is 5.41. The van der Waals surface area contributed by atoms with Crippen LogP contribution >= 0.6 is 0 Å². The number of hydrogen-bond donors (Lipinski definition) is 0. The molecule has 0 aromatic rings. The summed E-state index contributed by atoms with van der Waals surface area (Å²) in [4.78, 5) is 0. The van der Waals surface area contributed by atoms with E-state index in [0.29, 0.717) is 11.3 Å². The Morgan fingerprint density at radius 1 is 0.957 bits per heavy atom. The van der Waals surface area contributed by atoms with E-state index < -0.39 is 0 Å². The summed E-state index contributed by atoms with van der Waals surface area (Å²) in [5.41, 5.74) is 0.949. The molecule has 0 aromatic heterocycles. The predicted octanol–water partition coefficient (Wildman–Crippen LogP) is 6.62. The summed E-state index contributed by atoms with van der Waals surface area (Å²) >= 11 is 0. The molecule has 0 aromatic carbocycles. The molecule has 0 amide bonds. The van der Waals surface area contributed by atoms with E-state index in [-0.39, 0.29) is 11.2 Å². The van der Waals surface area contributed by atoms with E-state index in [9.17, 15) is 0 Å². The molecule has 2 atom stereocenters. The highest BCUT2D eigenvalue weighted by Crippen LogP contribution is 2.53. The summed E-state index contributed by atoms with van der Waals surface area (Å²) in [6.45, 7) is 18.5. The first-order valence-corrected chi connectivity index (χ1v) is 9.89. The molecular weight excluding hydrogens is 280 g/mol. The van der Waals surface area contributed by atoms with Gasteiger partial charge in [0.2, 0.25) is 0 Å². The molecule has 1 heteroatoms. The van der Waals surface area contributed by atoms with Crippen LogP contribution < -0.4 is 0 Å². The third-order valence-corrected chi connectivity index (χ3v) is 7.18. The monoisotopic (exact) mass is 320 g/mol. The minimum Gasteiger partial charge on any atom is -0.369 e. The summed E-state index contributed by atoms with van der Waals surface area (Å²) in [7, 11) is 0. The number of allylic oxidation sites excluding steroid dienone is 2. The van der Waals surface area contributed by atoms with Gasteiger partial charge in [-0.25, -0.2) is 0 Å². The summed E-state index contributed by atoms with van der Waals surface area (Å²) in [6, 6.07) is 0. The topological polar surface area (TPSA) is 9.23 Å². The lowest BCUT2D eigenvalue weighted by molar-refractivity contribution is -0.0632. The standard InChI is InChI=1S/C12H22.C10H18O/c1-9(2)11-6-7-12(4,5)10(3)8-11;1-8(2)10-6-4-9(3,11-10)5-7-10/h6-7,9-11H,8H2,1-5H3;8H,4-7H2,1-3H3. The largest absolute Gasteiger partial charge is 0.369 e. The molecule has 2 saturated heterocycles. The van der Waals surface area contributed by atoms with Gasteiger partial charge in [-0.15, -0.1) is 0 Å². The number of hydrogen-bond acceptors (Lipinski definition) is 1. The first-order valence-electron chi connectivity index (χ1n) is 9.89. The second-order valence-corrected chi connectivity index (χ2v) is 10.00. The molecule has 0 spiro atoms. The van der Waals surface area contributed by atoms with Gasteiger partial charge in [-0.2, -0.15) is 0 Å². The summed E-state index contributed by atoms with van der Waals surface area (Å²) in [6.07, 6.45) is 11.3. The lowest BCUT2D eigenvalue weighted by Crippen LogP contribution is -2.31. The van der Waals surface area contributed by atoms with Crippen molar-refractivity contribution in [3.05, 3.63) is 12.2 Å². The second kappa shape index (κ2) is 6.54. The fourth-order valence-corrected chi connectivity index (χ4v) is 4.41. The van der Waals surface area contributed by atoms with Gasteiger partial charge in [0.15, 0.2) is 0 Å². The molecule has 0 radical (unpaired) electrons. The van der Waals surface area contributed by atoms with Crippen molar-refractivity contribution in [3.63, 3.8) is 0 Å². The van der Waals surface area contributed by atoms with Crippen molar-refractivity contribution in [1.29, 1.82) is 0 Å². The Morgan fingerprint density at radius 2 is 1.52 bits per heavy atom. The van der Waals surface area contributed by atoms with Gasteiger partial charge in [0.05, 0.1) is 11.2 Å². The molecule has 2 fully saturated rings. The molecule has 3 aliphatic rings. The normalized spacial score (nSPS) is 41.3. The zero-order valence-corrected chi connectivity index (χ0v) is 16.9. The number of ether oxygens (including phenoxy) is 1. The fourth-order valence-electron chi connectivity index (χ4n) is 4.41. The smallest absolute Gasteiger partial charge is 0.0714 e. The van der Waals surface area contributed by atoms with Crippen molar-refractivity contribution in [3.8, 4) is 0 Å². The van der Waals surface area contributed by atoms with Gasteiger partial charge in [0.25, 0.3) is 0 Å². The Hall–Kier alpha value is -0.300. The lowest BCUT2D eigenvalue weighted by atomic mass is 9.69. The molecule has 2 heterocycles. The molecule has 2 aliphatic heterocycles. The van der Waals surface area contributed by atoms with Crippen LogP contribution in [-0.4, -0.2) is 11.2 Å². The van der Waals surface area contributed by atoms with E-state index >= 15 is 0 Å². The van der Waals surface area contributed by atoms with Crippen molar-refractivity contribution < 1.29 is 4.74 Å². The maximum Gasteiger partial charge on any atom is 0.0714 e. The Morgan fingerprint density at radius 3 is 1.83 bits per heavy atom. The fraction of sp³-hybridized carbons (Fsp3) is 0.909. The first kappa shape index (κ1) is 19.0. The van der Waals surface area contributed by atoms with Crippen LogP contribution in [0.25, 0.3) is 0 Å². The molecule has 0 saturated carbocycles. The molecular formula is C22H40O. The van der Waals surface area contributed by atoms with Gasteiger partial charge < -0.3 is 4.74 Å². The zero-order chi connectivity index (χ0) is 17.5. The van der Waals surface area contributed by atoms with Crippen molar-refractivity contribution in [2.24, 2.45) is 29.1 Å². The van der Waals surface area contributed by atoms with Crippen molar-refractivity contribution >= 4 is 0 Å². The van der Waals surface area contributed by atoms with Gasteiger partial charge in [-0.1, -0.05) is 60.6 Å². The molecule has 134 valence electrons. The van der Waals surface area contributed by atoms with Crippen LogP contribution in [-0.2, 0) is 4.74 Å². The van der Waals surface area contributed by atoms with Crippen molar-refractivity contribution in [1.82, 2.24) is 0 Å². The van der Waals surface area contributed by atoms with Crippen LogP contribution in [0.3, 0.4) is 0 Å². The van der Waals surface area contributed by atoms with E-state index in [0.717, 1.165) is 17.8 Å². The van der Waals surface area contributed by atoms with Gasteiger partial charge >= 0.3 is 0 Å². The van der Waals surface area contributed by atoms with Gasteiger partial charge in [0.1, 0.15) is 0 Å². The van der Waals surface area contributed by atoms with Crippen LogP contribution in [0.5, 0.6) is 0 Å². The first-order chi connectivity index (χ1) is 10.5. The molecule has 1 aliphatic carbocycles. The lowest BCUT2D eigenvalue weighted by Gasteiger charge is -2.36. The number of fused-ring (bicyclic) bond motifs is 2. The zero-order valence-electron chi connectivity index (χ0n) is 16.9. The third-order valence-electron chi connectivity index (χ3n) is 7.18. The minimum absolute atomic E-state index is 0.254. The highest BCUT2D eigenvalue weighted by molar-refractivity contribution is 5.06. The third kappa shape index (κ3) is 4.03.